The van der Waals surface area contributed by atoms with Crippen LogP contribution >= 0.6 is 0 Å². The molecule has 0 spiro atoms. The summed E-state index contributed by atoms with van der Waals surface area (Å²) >= 11 is 0. The second-order valence-corrected chi connectivity index (χ2v) is 10.0. The van der Waals surface area contributed by atoms with E-state index in [9.17, 15) is 19.5 Å². The lowest BCUT2D eigenvalue weighted by Gasteiger charge is -2.22. The molecule has 188 valence electrons. The number of carbonyl (C=O) groups is 3. The van der Waals surface area contributed by atoms with Crippen LogP contribution in [0.5, 0.6) is 0 Å². The fourth-order valence-corrected chi connectivity index (χ4v) is 4.79. The molecule has 2 aromatic carbocycles. The first-order valence-electron chi connectivity index (χ1n) is 12.3. The molecule has 0 radical (unpaired) electrons. The summed E-state index contributed by atoms with van der Waals surface area (Å²) in [5.74, 6) is -1.43. The van der Waals surface area contributed by atoms with E-state index >= 15 is 0 Å². The third-order valence-electron chi connectivity index (χ3n) is 6.41. The lowest BCUT2D eigenvalue weighted by Crippen LogP contribution is -2.45. The summed E-state index contributed by atoms with van der Waals surface area (Å²) in [7, 11) is 0. The van der Waals surface area contributed by atoms with E-state index in [4.69, 9.17) is 4.74 Å². The molecule has 2 amide bonds. The number of carbonyl (C=O) groups excluding carboxylic acids is 2. The van der Waals surface area contributed by atoms with Crippen LogP contribution in [0.25, 0.3) is 11.1 Å². The van der Waals surface area contributed by atoms with Crippen molar-refractivity contribution in [2.75, 3.05) is 13.2 Å². The summed E-state index contributed by atoms with van der Waals surface area (Å²) in [4.78, 5) is 36.5. The van der Waals surface area contributed by atoms with Crippen molar-refractivity contribution in [1.82, 2.24) is 10.6 Å². The highest BCUT2D eigenvalue weighted by atomic mass is 16.5. The number of carboxylic acid groups (broad SMARTS) is 1. The molecule has 3 rings (SSSR count). The quantitative estimate of drug-likeness (QED) is 0.428. The van der Waals surface area contributed by atoms with E-state index in [2.05, 4.69) is 34.9 Å². The van der Waals surface area contributed by atoms with Gasteiger partial charge in [-0.3, -0.25) is 4.79 Å². The van der Waals surface area contributed by atoms with Gasteiger partial charge in [-0.2, -0.15) is 0 Å². The number of nitrogens with one attached hydrogen (secondary N) is 2. The van der Waals surface area contributed by atoms with Crippen LogP contribution in [0.2, 0.25) is 0 Å². The first kappa shape index (κ1) is 26.3. The number of alkyl carbamates (subject to hydrolysis) is 1. The van der Waals surface area contributed by atoms with Gasteiger partial charge in [0.05, 0.1) is 0 Å². The molecule has 0 saturated carbocycles. The highest BCUT2D eigenvalue weighted by molar-refractivity contribution is 5.84. The number of benzene rings is 2. The minimum absolute atomic E-state index is 0.0191. The molecule has 35 heavy (non-hydrogen) atoms. The molecule has 1 aliphatic rings. The summed E-state index contributed by atoms with van der Waals surface area (Å²) in [6.45, 7) is 8.11. The van der Waals surface area contributed by atoms with Crippen LogP contribution in [0.3, 0.4) is 0 Å². The molecule has 0 bridgehead atoms. The van der Waals surface area contributed by atoms with Gasteiger partial charge >= 0.3 is 12.1 Å². The molecule has 0 saturated heterocycles. The van der Waals surface area contributed by atoms with Crippen molar-refractivity contribution < 1.29 is 24.2 Å². The van der Waals surface area contributed by atoms with Crippen molar-refractivity contribution in [3.63, 3.8) is 0 Å². The van der Waals surface area contributed by atoms with E-state index in [1.54, 1.807) is 13.8 Å². The number of carboxylic acids is 1. The second-order valence-electron chi connectivity index (χ2n) is 10.0. The maximum atomic E-state index is 12.5. The third-order valence-corrected chi connectivity index (χ3v) is 6.41. The Morgan fingerprint density at radius 3 is 2.03 bits per heavy atom. The van der Waals surface area contributed by atoms with Crippen LogP contribution in [-0.4, -0.2) is 42.3 Å². The van der Waals surface area contributed by atoms with Crippen LogP contribution in [0, 0.1) is 17.8 Å². The Hall–Kier alpha value is -3.35. The van der Waals surface area contributed by atoms with E-state index < -0.39 is 18.1 Å². The number of aliphatic carboxylic acids is 1. The van der Waals surface area contributed by atoms with Gasteiger partial charge in [-0.05, 0) is 46.4 Å². The highest BCUT2D eigenvalue weighted by Crippen LogP contribution is 2.44. The first-order chi connectivity index (χ1) is 16.7. The molecule has 0 heterocycles. The largest absolute Gasteiger partial charge is 0.480 e. The summed E-state index contributed by atoms with van der Waals surface area (Å²) in [5.41, 5.74) is 4.63. The smallest absolute Gasteiger partial charge is 0.407 e. The molecular weight excluding hydrogens is 444 g/mol. The topological polar surface area (TPSA) is 105 Å². The molecule has 7 nitrogen and oxygen atoms in total. The van der Waals surface area contributed by atoms with Gasteiger partial charge in [0.25, 0.3) is 0 Å². The first-order valence-corrected chi connectivity index (χ1v) is 12.3. The molecule has 7 heteroatoms. The lowest BCUT2D eigenvalue weighted by atomic mass is 9.93. The Kier molecular flexibility index (Phi) is 8.90. The van der Waals surface area contributed by atoms with E-state index in [1.165, 1.54) is 11.1 Å². The molecule has 3 N–H and O–H groups in total. The predicted molar refractivity (Wildman–Crippen MR) is 135 cm³/mol. The van der Waals surface area contributed by atoms with Gasteiger partial charge in [-0.1, -0.05) is 76.2 Å². The van der Waals surface area contributed by atoms with Crippen LogP contribution in [0.1, 0.15) is 57.6 Å². The number of rotatable bonds is 11. The SMILES string of the molecule is CC(C)C[C@H](CNC(=O)OCC1c2ccccc2-c2ccccc21)CC(=O)N[C@@H](C(=O)O)C(C)C. The van der Waals surface area contributed by atoms with Crippen molar-refractivity contribution in [1.29, 1.82) is 0 Å². The van der Waals surface area contributed by atoms with Crippen LogP contribution in [0.15, 0.2) is 48.5 Å². The van der Waals surface area contributed by atoms with Crippen molar-refractivity contribution in [2.24, 2.45) is 17.8 Å². The molecular formula is C28H36N2O5. The normalized spacial score (nSPS) is 14.2. The zero-order valence-electron chi connectivity index (χ0n) is 20.9. The number of hydrogen-bond donors (Lipinski definition) is 3. The monoisotopic (exact) mass is 480 g/mol. The fraction of sp³-hybridized carbons (Fsp3) is 0.464. The van der Waals surface area contributed by atoms with Crippen molar-refractivity contribution >= 4 is 18.0 Å². The summed E-state index contributed by atoms with van der Waals surface area (Å²) in [6, 6.07) is 15.4. The summed E-state index contributed by atoms with van der Waals surface area (Å²) < 4.78 is 5.60. The minimum Gasteiger partial charge on any atom is -0.480 e. The zero-order chi connectivity index (χ0) is 25.5. The zero-order valence-corrected chi connectivity index (χ0v) is 20.9. The maximum Gasteiger partial charge on any atom is 0.407 e. The Morgan fingerprint density at radius 2 is 1.51 bits per heavy atom. The minimum atomic E-state index is -1.05. The average molecular weight is 481 g/mol. The molecule has 0 aliphatic heterocycles. The van der Waals surface area contributed by atoms with Crippen molar-refractivity contribution in [3.8, 4) is 11.1 Å². The van der Waals surface area contributed by atoms with E-state index in [-0.39, 0.29) is 43.2 Å². The van der Waals surface area contributed by atoms with Gasteiger partial charge in [-0.25, -0.2) is 9.59 Å². The van der Waals surface area contributed by atoms with Crippen LogP contribution < -0.4 is 10.6 Å². The van der Waals surface area contributed by atoms with Gasteiger partial charge in [0.2, 0.25) is 5.91 Å². The van der Waals surface area contributed by atoms with Gasteiger partial charge in [0, 0.05) is 18.9 Å². The third kappa shape index (κ3) is 6.84. The lowest BCUT2D eigenvalue weighted by molar-refractivity contribution is -0.143. The molecule has 2 atom stereocenters. The van der Waals surface area contributed by atoms with Gasteiger partial charge in [0.15, 0.2) is 0 Å². The standard InChI is InChI=1S/C28H36N2O5/c1-17(2)13-19(14-25(31)30-26(18(3)4)27(32)33)15-29-28(34)35-16-24-22-11-7-5-9-20(22)21-10-6-8-12-23(21)24/h5-12,17-19,24,26H,13-16H2,1-4H3,(H,29,34)(H,30,31)(H,32,33)/t19-,26+/m0/s1. The van der Waals surface area contributed by atoms with E-state index in [1.807, 2.05) is 38.1 Å². The van der Waals surface area contributed by atoms with Crippen molar-refractivity contribution in [2.45, 2.75) is 52.5 Å². The number of fused-ring (bicyclic) bond motifs is 3. The van der Waals surface area contributed by atoms with E-state index in [0.717, 1.165) is 17.5 Å². The molecule has 0 aromatic heterocycles. The number of hydrogen-bond acceptors (Lipinski definition) is 4. The Labute approximate surface area is 207 Å². The van der Waals surface area contributed by atoms with Crippen LogP contribution in [-0.2, 0) is 14.3 Å². The highest BCUT2D eigenvalue weighted by Gasteiger charge is 2.29. The summed E-state index contributed by atoms with van der Waals surface area (Å²) in [5, 5.41) is 14.7. The second kappa shape index (κ2) is 11.9. The number of amides is 2. The summed E-state index contributed by atoms with van der Waals surface area (Å²) in [6.07, 6.45) is 0.334. The molecule has 1 aliphatic carbocycles. The number of ether oxygens (including phenoxy) is 1. The fourth-order valence-electron chi connectivity index (χ4n) is 4.79. The molecule has 0 unspecified atom stereocenters. The van der Waals surface area contributed by atoms with Crippen molar-refractivity contribution in [3.05, 3.63) is 59.7 Å². The Bertz CT molecular complexity index is 1000. The Morgan fingerprint density at radius 1 is 0.943 bits per heavy atom. The molecule has 0 fully saturated rings. The van der Waals surface area contributed by atoms with Gasteiger partial charge < -0.3 is 20.5 Å². The van der Waals surface area contributed by atoms with E-state index in [0.29, 0.717) is 5.92 Å². The van der Waals surface area contributed by atoms with Gasteiger partial charge in [0.1, 0.15) is 12.6 Å². The van der Waals surface area contributed by atoms with Gasteiger partial charge in [-0.15, -0.1) is 0 Å². The maximum absolute atomic E-state index is 12.5. The predicted octanol–water partition coefficient (Wildman–Crippen LogP) is 4.80. The molecule has 2 aromatic rings. The average Bonchev–Trinajstić information content (AvgIpc) is 3.12. The Balaban J connectivity index is 1.56. The van der Waals surface area contributed by atoms with Crippen LogP contribution in [0.4, 0.5) is 4.79 Å².